The number of fused-ring (bicyclic) bond motifs is 4. The first-order chi connectivity index (χ1) is 26.2. The molecule has 268 valence electrons. The van der Waals surface area contributed by atoms with Gasteiger partial charge in [-0.1, -0.05) is 169 Å². The predicted octanol–water partition coefficient (Wildman–Crippen LogP) is 15.3. The zero-order chi connectivity index (χ0) is 37.0. The standard InChI is InChI=1S/C53H51N/c1-52(2,3)47-21-14-22-48-51(47)45-32-31-44(35-49(45)53(48,4)5)54(50-34-42-20-13-12-19-41(42)33-46(50)40-17-10-7-11-18-40)43-29-27-39(28-30-43)38-25-23-37(24-26-38)36-15-8-6-9-16-36/h7,10-14,17-36H,6,8-9,15-16H2,1-5H3. The second-order valence-electron chi connectivity index (χ2n) is 17.3. The molecule has 1 fully saturated rings. The highest BCUT2D eigenvalue weighted by Crippen LogP contribution is 2.54. The van der Waals surface area contributed by atoms with Gasteiger partial charge >= 0.3 is 0 Å². The number of anilines is 3. The first-order valence-electron chi connectivity index (χ1n) is 20.0. The van der Waals surface area contributed by atoms with Crippen LogP contribution >= 0.6 is 0 Å². The van der Waals surface area contributed by atoms with E-state index in [4.69, 9.17) is 0 Å². The normalized spacial score (nSPS) is 15.2. The van der Waals surface area contributed by atoms with Crippen molar-refractivity contribution in [2.45, 2.75) is 83.5 Å². The molecule has 2 aliphatic rings. The zero-order valence-corrected chi connectivity index (χ0v) is 32.5. The van der Waals surface area contributed by atoms with Crippen LogP contribution in [0.25, 0.3) is 44.2 Å². The van der Waals surface area contributed by atoms with Crippen molar-refractivity contribution in [3.8, 4) is 33.4 Å². The van der Waals surface area contributed by atoms with Crippen molar-refractivity contribution >= 4 is 27.8 Å². The van der Waals surface area contributed by atoms with Crippen molar-refractivity contribution in [1.29, 1.82) is 0 Å². The Morgan fingerprint density at radius 1 is 0.519 bits per heavy atom. The van der Waals surface area contributed by atoms with E-state index in [1.807, 2.05) is 0 Å². The smallest absolute Gasteiger partial charge is 0.0546 e. The SMILES string of the molecule is CC(C)(C)c1cccc2c1-c1ccc(N(c3ccc(-c4ccc(C5CCCCC5)cc4)cc3)c3cc4ccccc4cc3-c3ccccc3)cc1C2(C)C. The average molecular weight is 702 g/mol. The molecule has 0 spiro atoms. The molecule has 0 heterocycles. The van der Waals surface area contributed by atoms with Crippen molar-refractivity contribution in [2.24, 2.45) is 0 Å². The maximum Gasteiger partial charge on any atom is 0.0546 e. The van der Waals surface area contributed by atoms with Crippen molar-refractivity contribution in [3.05, 3.63) is 174 Å². The maximum atomic E-state index is 2.49. The van der Waals surface area contributed by atoms with Gasteiger partial charge in [-0.15, -0.1) is 0 Å². The molecule has 7 aromatic carbocycles. The highest BCUT2D eigenvalue weighted by molar-refractivity contribution is 5.99. The fraction of sp³-hybridized carbons (Fsp3) is 0.245. The van der Waals surface area contributed by atoms with Gasteiger partial charge < -0.3 is 4.90 Å². The van der Waals surface area contributed by atoms with E-state index in [2.05, 4.69) is 191 Å². The lowest BCUT2D eigenvalue weighted by molar-refractivity contribution is 0.443. The van der Waals surface area contributed by atoms with Gasteiger partial charge in [0.15, 0.2) is 0 Å². The van der Waals surface area contributed by atoms with Crippen LogP contribution in [0.15, 0.2) is 152 Å². The molecule has 0 aromatic heterocycles. The number of nitrogens with zero attached hydrogens (tertiary/aromatic N) is 1. The first kappa shape index (κ1) is 34.4. The van der Waals surface area contributed by atoms with Crippen LogP contribution in [0.2, 0.25) is 0 Å². The molecule has 1 saturated carbocycles. The second kappa shape index (κ2) is 13.5. The van der Waals surface area contributed by atoms with Crippen molar-refractivity contribution in [3.63, 3.8) is 0 Å². The largest absolute Gasteiger partial charge is 0.310 e. The van der Waals surface area contributed by atoms with Gasteiger partial charge in [0.1, 0.15) is 0 Å². The molecule has 0 N–H and O–H groups in total. The highest BCUT2D eigenvalue weighted by atomic mass is 15.1. The molecule has 1 nitrogen and oxygen atoms in total. The van der Waals surface area contributed by atoms with Gasteiger partial charge in [-0.25, -0.2) is 0 Å². The summed E-state index contributed by atoms with van der Waals surface area (Å²) in [5, 5.41) is 2.47. The Morgan fingerprint density at radius 3 is 1.83 bits per heavy atom. The van der Waals surface area contributed by atoms with E-state index in [0.29, 0.717) is 0 Å². The Hall–Kier alpha value is -5.40. The Morgan fingerprint density at radius 2 is 1.15 bits per heavy atom. The molecule has 1 heteroatoms. The van der Waals surface area contributed by atoms with Crippen LogP contribution in [-0.2, 0) is 10.8 Å². The third-order valence-corrected chi connectivity index (χ3v) is 12.4. The van der Waals surface area contributed by atoms with E-state index in [1.165, 1.54) is 110 Å². The molecule has 0 radical (unpaired) electrons. The Labute approximate surface area is 322 Å². The second-order valence-corrected chi connectivity index (χ2v) is 17.3. The molecule has 7 aromatic rings. The van der Waals surface area contributed by atoms with E-state index < -0.39 is 0 Å². The third-order valence-electron chi connectivity index (χ3n) is 12.4. The van der Waals surface area contributed by atoms with Crippen molar-refractivity contribution < 1.29 is 0 Å². The minimum Gasteiger partial charge on any atom is -0.310 e. The molecular weight excluding hydrogens is 651 g/mol. The van der Waals surface area contributed by atoms with Crippen LogP contribution in [0.4, 0.5) is 17.1 Å². The summed E-state index contributed by atoms with van der Waals surface area (Å²) in [6.45, 7) is 11.8. The van der Waals surface area contributed by atoms with Gasteiger partial charge in [-0.3, -0.25) is 0 Å². The Kier molecular flexibility index (Phi) is 8.57. The third kappa shape index (κ3) is 6.05. The van der Waals surface area contributed by atoms with Gasteiger partial charge in [0, 0.05) is 22.4 Å². The van der Waals surface area contributed by atoms with Crippen LogP contribution in [0, 0.1) is 0 Å². The van der Waals surface area contributed by atoms with Crippen molar-refractivity contribution in [1.82, 2.24) is 0 Å². The quantitative estimate of drug-likeness (QED) is 0.167. The van der Waals surface area contributed by atoms with Gasteiger partial charge in [-0.2, -0.15) is 0 Å². The Balaban J connectivity index is 1.20. The van der Waals surface area contributed by atoms with Crippen molar-refractivity contribution in [2.75, 3.05) is 4.90 Å². The monoisotopic (exact) mass is 701 g/mol. The van der Waals surface area contributed by atoms with E-state index in [9.17, 15) is 0 Å². The number of hydrogen-bond donors (Lipinski definition) is 0. The first-order valence-corrected chi connectivity index (χ1v) is 20.0. The van der Waals surface area contributed by atoms with E-state index in [1.54, 1.807) is 0 Å². The lowest BCUT2D eigenvalue weighted by atomic mass is 9.79. The summed E-state index contributed by atoms with van der Waals surface area (Å²) in [6.07, 6.45) is 6.76. The predicted molar refractivity (Wildman–Crippen MR) is 232 cm³/mol. The summed E-state index contributed by atoms with van der Waals surface area (Å²) in [4.78, 5) is 2.49. The number of hydrogen-bond acceptors (Lipinski definition) is 1. The van der Waals surface area contributed by atoms with E-state index in [-0.39, 0.29) is 10.8 Å². The summed E-state index contributed by atoms with van der Waals surface area (Å²) in [5.41, 5.74) is 16.8. The van der Waals surface area contributed by atoms with Crippen LogP contribution in [0.1, 0.15) is 94.9 Å². The summed E-state index contributed by atoms with van der Waals surface area (Å²) in [6, 6.07) is 57.2. The number of benzene rings is 7. The van der Waals surface area contributed by atoms with Crippen LogP contribution < -0.4 is 4.90 Å². The maximum absolute atomic E-state index is 2.49. The lowest BCUT2D eigenvalue weighted by Gasteiger charge is -2.30. The fourth-order valence-electron chi connectivity index (χ4n) is 9.42. The van der Waals surface area contributed by atoms with Crippen LogP contribution in [0.5, 0.6) is 0 Å². The van der Waals surface area contributed by atoms with Gasteiger partial charge in [-0.05, 0) is 121 Å². The molecule has 54 heavy (non-hydrogen) atoms. The molecule has 0 aliphatic heterocycles. The van der Waals surface area contributed by atoms with Gasteiger partial charge in [0.2, 0.25) is 0 Å². The highest BCUT2D eigenvalue weighted by Gasteiger charge is 2.39. The minimum absolute atomic E-state index is 0.0430. The van der Waals surface area contributed by atoms with E-state index in [0.717, 1.165) is 11.6 Å². The number of rotatable bonds is 6. The molecule has 0 bridgehead atoms. The van der Waals surface area contributed by atoms with Gasteiger partial charge in [0.05, 0.1) is 5.69 Å². The van der Waals surface area contributed by atoms with Gasteiger partial charge in [0.25, 0.3) is 0 Å². The molecule has 9 rings (SSSR count). The summed E-state index contributed by atoms with van der Waals surface area (Å²) in [5.74, 6) is 0.717. The fourth-order valence-corrected chi connectivity index (χ4v) is 9.42. The topological polar surface area (TPSA) is 3.24 Å². The zero-order valence-electron chi connectivity index (χ0n) is 32.5. The molecule has 2 aliphatic carbocycles. The summed E-state index contributed by atoms with van der Waals surface area (Å²) < 4.78 is 0. The molecule has 0 amide bonds. The minimum atomic E-state index is -0.132. The molecule has 0 unspecified atom stereocenters. The molecule has 0 saturated heterocycles. The van der Waals surface area contributed by atoms with E-state index >= 15 is 0 Å². The lowest BCUT2D eigenvalue weighted by Crippen LogP contribution is -2.17. The molecular formula is C53H51N. The summed E-state index contributed by atoms with van der Waals surface area (Å²) >= 11 is 0. The average Bonchev–Trinajstić information content (AvgIpc) is 3.44. The van der Waals surface area contributed by atoms with Crippen LogP contribution in [-0.4, -0.2) is 0 Å². The Bertz CT molecular complexity index is 2450. The molecule has 0 atom stereocenters. The van der Waals surface area contributed by atoms with Crippen LogP contribution in [0.3, 0.4) is 0 Å². The summed E-state index contributed by atoms with van der Waals surface area (Å²) in [7, 11) is 0.